The van der Waals surface area contributed by atoms with E-state index in [0.29, 0.717) is 10.9 Å². The minimum Gasteiger partial charge on any atom is -0.465 e. The van der Waals surface area contributed by atoms with Crippen LogP contribution in [0.15, 0.2) is 27.5 Å². The lowest BCUT2D eigenvalue weighted by molar-refractivity contribution is 0.0595. The number of aromatic amines is 1. The highest BCUT2D eigenvalue weighted by Crippen LogP contribution is 2.22. The molecule has 0 spiro atoms. The molecule has 1 aromatic carbocycles. The number of H-pyrrole nitrogens is 1. The zero-order valence-electron chi connectivity index (χ0n) is 9.49. The summed E-state index contributed by atoms with van der Waals surface area (Å²) in [4.78, 5) is 26.0. The van der Waals surface area contributed by atoms with E-state index in [1.807, 2.05) is 0 Å². The maximum absolute atomic E-state index is 11.8. The molecule has 0 saturated heterocycles. The maximum atomic E-state index is 11.8. The monoisotopic (exact) mass is 311 g/mol. The summed E-state index contributed by atoms with van der Waals surface area (Å²) in [6.45, 7) is -0.410. The number of aromatic nitrogens is 1. The molecule has 94 valence electrons. The van der Waals surface area contributed by atoms with Crippen molar-refractivity contribution in [1.82, 2.24) is 4.98 Å². The lowest BCUT2D eigenvalue weighted by Gasteiger charge is -2.09. The molecule has 0 aliphatic carbocycles. The van der Waals surface area contributed by atoms with E-state index in [1.165, 1.54) is 7.11 Å². The van der Waals surface area contributed by atoms with Crippen LogP contribution >= 0.6 is 15.9 Å². The van der Waals surface area contributed by atoms with Crippen molar-refractivity contribution in [3.05, 3.63) is 44.2 Å². The standard InChI is InChI=1S/C12H10BrNO4/c1-18-12(17)10-8(5-15)7-3-2-6(13)4-9(7)14-11(10)16/h2-4,15H,5H2,1H3,(H,14,16). The molecule has 0 bridgehead atoms. The minimum atomic E-state index is -0.759. The first-order chi connectivity index (χ1) is 8.58. The number of esters is 1. The van der Waals surface area contributed by atoms with E-state index in [2.05, 4.69) is 25.7 Å². The van der Waals surface area contributed by atoms with Crippen LogP contribution in [-0.2, 0) is 11.3 Å². The zero-order valence-corrected chi connectivity index (χ0v) is 11.1. The zero-order chi connectivity index (χ0) is 13.3. The number of carbonyl (C=O) groups is 1. The third-order valence-corrected chi connectivity index (χ3v) is 3.12. The molecular formula is C12H10BrNO4. The van der Waals surface area contributed by atoms with Crippen LogP contribution in [0.5, 0.6) is 0 Å². The van der Waals surface area contributed by atoms with E-state index in [9.17, 15) is 14.7 Å². The smallest absolute Gasteiger partial charge is 0.343 e. The van der Waals surface area contributed by atoms with Crippen LogP contribution < -0.4 is 5.56 Å². The second kappa shape index (κ2) is 4.91. The fourth-order valence-corrected chi connectivity index (χ4v) is 2.18. The number of carbonyl (C=O) groups excluding carboxylic acids is 1. The van der Waals surface area contributed by atoms with E-state index in [1.54, 1.807) is 18.2 Å². The molecule has 1 aromatic heterocycles. The Kier molecular flexibility index (Phi) is 3.49. The number of nitrogens with one attached hydrogen (secondary N) is 1. The van der Waals surface area contributed by atoms with E-state index < -0.39 is 18.1 Å². The highest BCUT2D eigenvalue weighted by Gasteiger charge is 2.19. The number of ether oxygens (including phenoxy) is 1. The first-order valence-electron chi connectivity index (χ1n) is 5.12. The number of benzene rings is 1. The Morgan fingerprint density at radius 1 is 1.50 bits per heavy atom. The van der Waals surface area contributed by atoms with Crippen molar-refractivity contribution >= 4 is 32.8 Å². The highest BCUT2D eigenvalue weighted by molar-refractivity contribution is 9.10. The van der Waals surface area contributed by atoms with Gasteiger partial charge in [-0.15, -0.1) is 0 Å². The average Bonchev–Trinajstić information content (AvgIpc) is 2.35. The number of aliphatic hydroxyl groups excluding tert-OH is 1. The van der Waals surface area contributed by atoms with Crippen molar-refractivity contribution in [2.75, 3.05) is 7.11 Å². The van der Waals surface area contributed by atoms with E-state index in [-0.39, 0.29) is 11.1 Å². The molecule has 0 atom stereocenters. The van der Waals surface area contributed by atoms with Crippen molar-refractivity contribution in [3.8, 4) is 0 Å². The molecule has 6 heteroatoms. The number of hydrogen-bond acceptors (Lipinski definition) is 4. The first-order valence-corrected chi connectivity index (χ1v) is 5.91. The van der Waals surface area contributed by atoms with Gasteiger partial charge in [0.25, 0.3) is 5.56 Å². The van der Waals surface area contributed by atoms with Crippen molar-refractivity contribution < 1.29 is 14.6 Å². The minimum absolute atomic E-state index is 0.158. The molecule has 0 aliphatic rings. The summed E-state index contributed by atoms with van der Waals surface area (Å²) in [6.07, 6.45) is 0. The number of hydrogen-bond donors (Lipinski definition) is 2. The van der Waals surface area contributed by atoms with Gasteiger partial charge in [0.2, 0.25) is 0 Å². The van der Waals surface area contributed by atoms with E-state index in [0.717, 1.165) is 4.47 Å². The van der Waals surface area contributed by atoms with Crippen LogP contribution in [0.1, 0.15) is 15.9 Å². The van der Waals surface area contributed by atoms with Crippen LogP contribution in [0, 0.1) is 0 Å². The Labute approximate surface area is 111 Å². The van der Waals surface area contributed by atoms with Crippen molar-refractivity contribution in [2.24, 2.45) is 0 Å². The van der Waals surface area contributed by atoms with Crippen LogP contribution in [0.25, 0.3) is 10.9 Å². The molecule has 1 heterocycles. The molecule has 0 saturated carbocycles. The van der Waals surface area contributed by atoms with Crippen LogP contribution in [-0.4, -0.2) is 23.2 Å². The van der Waals surface area contributed by atoms with Gasteiger partial charge >= 0.3 is 5.97 Å². The Morgan fingerprint density at radius 2 is 2.22 bits per heavy atom. The molecule has 18 heavy (non-hydrogen) atoms. The Balaban J connectivity index is 2.88. The Morgan fingerprint density at radius 3 is 2.83 bits per heavy atom. The van der Waals surface area contributed by atoms with Gasteiger partial charge in [-0.25, -0.2) is 4.79 Å². The SMILES string of the molecule is COC(=O)c1c(CO)c2ccc(Br)cc2[nH]c1=O. The number of aliphatic hydroxyl groups is 1. The molecule has 2 N–H and O–H groups in total. The van der Waals surface area contributed by atoms with Gasteiger partial charge in [0.05, 0.1) is 13.7 Å². The topological polar surface area (TPSA) is 79.4 Å². The van der Waals surface area contributed by atoms with Crippen molar-refractivity contribution in [2.45, 2.75) is 6.61 Å². The molecule has 2 rings (SSSR count). The predicted octanol–water partition coefficient (Wildman–Crippen LogP) is 1.57. The summed E-state index contributed by atoms with van der Waals surface area (Å²) in [7, 11) is 1.19. The highest BCUT2D eigenvalue weighted by atomic mass is 79.9. The molecule has 0 fully saturated rings. The summed E-state index contributed by atoms with van der Waals surface area (Å²) in [5, 5.41) is 9.99. The van der Waals surface area contributed by atoms with E-state index >= 15 is 0 Å². The molecule has 5 nitrogen and oxygen atoms in total. The summed E-state index contributed by atoms with van der Waals surface area (Å²) in [5.41, 5.74) is 0.0884. The third kappa shape index (κ3) is 2.04. The first kappa shape index (κ1) is 12.8. The summed E-state index contributed by atoms with van der Waals surface area (Å²) in [5.74, 6) is -0.759. The van der Waals surface area contributed by atoms with Gasteiger partial charge in [-0.1, -0.05) is 22.0 Å². The molecule has 0 unspecified atom stereocenters. The summed E-state index contributed by atoms with van der Waals surface area (Å²) >= 11 is 3.29. The fraction of sp³-hybridized carbons (Fsp3) is 0.167. The third-order valence-electron chi connectivity index (χ3n) is 2.63. The number of rotatable bonds is 2. The molecule has 0 amide bonds. The van der Waals surface area contributed by atoms with Gasteiger partial charge in [0.15, 0.2) is 0 Å². The van der Waals surface area contributed by atoms with Gasteiger partial charge < -0.3 is 14.8 Å². The lowest BCUT2D eigenvalue weighted by Crippen LogP contribution is -2.22. The lowest BCUT2D eigenvalue weighted by atomic mass is 10.0. The van der Waals surface area contributed by atoms with Crippen molar-refractivity contribution in [1.29, 1.82) is 0 Å². The normalized spacial score (nSPS) is 10.6. The van der Waals surface area contributed by atoms with Crippen LogP contribution in [0.4, 0.5) is 0 Å². The predicted molar refractivity (Wildman–Crippen MR) is 69.5 cm³/mol. The molecular weight excluding hydrogens is 302 g/mol. The largest absolute Gasteiger partial charge is 0.465 e. The second-order valence-corrected chi connectivity index (χ2v) is 4.56. The van der Waals surface area contributed by atoms with Gasteiger partial charge in [-0.05, 0) is 12.1 Å². The van der Waals surface area contributed by atoms with Gasteiger partial charge in [-0.2, -0.15) is 0 Å². The number of halogens is 1. The van der Waals surface area contributed by atoms with Gasteiger partial charge in [-0.3, -0.25) is 4.79 Å². The number of methoxy groups -OCH3 is 1. The number of fused-ring (bicyclic) bond motifs is 1. The van der Waals surface area contributed by atoms with E-state index in [4.69, 9.17) is 0 Å². The number of pyridine rings is 1. The van der Waals surface area contributed by atoms with Crippen LogP contribution in [0.2, 0.25) is 0 Å². The Hall–Kier alpha value is -1.66. The van der Waals surface area contributed by atoms with Gasteiger partial charge in [0.1, 0.15) is 5.56 Å². The quantitative estimate of drug-likeness (QED) is 0.825. The molecule has 0 radical (unpaired) electrons. The van der Waals surface area contributed by atoms with Crippen LogP contribution in [0.3, 0.4) is 0 Å². The fourth-order valence-electron chi connectivity index (χ4n) is 1.82. The second-order valence-electron chi connectivity index (χ2n) is 3.65. The Bertz CT molecular complexity index is 678. The molecule has 0 aliphatic heterocycles. The van der Waals surface area contributed by atoms with Gasteiger partial charge in [0, 0.05) is 20.9 Å². The van der Waals surface area contributed by atoms with Crippen molar-refractivity contribution in [3.63, 3.8) is 0 Å². The maximum Gasteiger partial charge on any atom is 0.343 e. The molecule has 2 aromatic rings. The average molecular weight is 312 g/mol. The summed E-state index contributed by atoms with van der Waals surface area (Å²) < 4.78 is 5.34. The summed E-state index contributed by atoms with van der Waals surface area (Å²) in [6, 6.07) is 5.19.